The van der Waals surface area contributed by atoms with E-state index in [9.17, 15) is 4.79 Å². The normalized spacial score (nSPS) is 10.8. The van der Waals surface area contributed by atoms with Gasteiger partial charge >= 0.3 is 0 Å². The predicted octanol–water partition coefficient (Wildman–Crippen LogP) is 5.67. The standard InChI is InChI=1S/C20H13BrClN3O/c21-15-5-1-14(2-6-15)20(26)23-17-8-3-13(4-9-17)18-12-25-11-16(22)7-10-19(25)24-18/h1-12H,(H,23,26). The lowest BCUT2D eigenvalue weighted by Crippen LogP contribution is -2.11. The van der Waals surface area contributed by atoms with Crippen LogP contribution >= 0.6 is 27.5 Å². The Balaban J connectivity index is 1.54. The summed E-state index contributed by atoms with van der Waals surface area (Å²) in [6.45, 7) is 0. The molecule has 0 saturated heterocycles. The maximum atomic E-state index is 12.3. The molecule has 0 fully saturated rings. The summed E-state index contributed by atoms with van der Waals surface area (Å²) < 4.78 is 2.83. The predicted molar refractivity (Wildman–Crippen MR) is 108 cm³/mol. The highest BCUT2D eigenvalue weighted by molar-refractivity contribution is 9.10. The SMILES string of the molecule is O=C(Nc1ccc(-c2cn3cc(Cl)ccc3n2)cc1)c1ccc(Br)cc1. The fourth-order valence-corrected chi connectivity index (χ4v) is 3.07. The van der Waals surface area contributed by atoms with Crippen LogP contribution in [0.15, 0.2) is 77.5 Å². The van der Waals surface area contributed by atoms with E-state index in [1.807, 2.05) is 65.3 Å². The topological polar surface area (TPSA) is 46.4 Å². The van der Waals surface area contributed by atoms with Gasteiger partial charge in [0, 0.05) is 33.7 Å². The van der Waals surface area contributed by atoms with Crippen LogP contribution < -0.4 is 5.32 Å². The first-order valence-corrected chi connectivity index (χ1v) is 9.07. The van der Waals surface area contributed by atoms with Gasteiger partial charge in [-0.3, -0.25) is 4.79 Å². The van der Waals surface area contributed by atoms with Crippen molar-refractivity contribution in [2.24, 2.45) is 0 Å². The number of carbonyl (C=O) groups excluding carboxylic acids is 1. The lowest BCUT2D eigenvalue weighted by atomic mass is 10.1. The van der Waals surface area contributed by atoms with E-state index >= 15 is 0 Å². The molecule has 128 valence electrons. The number of fused-ring (bicyclic) bond motifs is 1. The van der Waals surface area contributed by atoms with E-state index in [4.69, 9.17) is 11.6 Å². The van der Waals surface area contributed by atoms with E-state index in [1.54, 1.807) is 12.1 Å². The van der Waals surface area contributed by atoms with Crippen molar-refractivity contribution >= 4 is 44.8 Å². The van der Waals surface area contributed by atoms with E-state index in [2.05, 4.69) is 26.2 Å². The van der Waals surface area contributed by atoms with Crippen molar-refractivity contribution in [3.8, 4) is 11.3 Å². The number of rotatable bonds is 3. The average Bonchev–Trinajstić information content (AvgIpc) is 3.06. The lowest BCUT2D eigenvalue weighted by Gasteiger charge is -2.06. The monoisotopic (exact) mass is 425 g/mol. The van der Waals surface area contributed by atoms with Crippen molar-refractivity contribution < 1.29 is 4.79 Å². The van der Waals surface area contributed by atoms with Gasteiger partial charge in [0.1, 0.15) is 5.65 Å². The molecule has 0 radical (unpaired) electrons. The van der Waals surface area contributed by atoms with E-state index in [-0.39, 0.29) is 5.91 Å². The largest absolute Gasteiger partial charge is 0.322 e. The highest BCUT2D eigenvalue weighted by Gasteiger charge is 2.08. The molecule has 26 heavy (non-hydrogen) atoms. The summed E-state index contributed by atoms with van der Waals surface area (Å²) in [5.74, 6) is -0.146. The second-order valence-electron chi connectivity index (χ2n) is 5.78. The molecular weight excluding hydrogens is 414 g/mol. The summed E-state index contributed by atoms with van der Waals surface area (Å²) >= 11 is 9.37. The van der Waals surface area contributed by atoms with Gasteiger partial charge in [0.05, 0.1) is 10.7 Å². The number of hydrogen-bond acceptors (Lipinski definition) is 2. The van der Waals surface area contributed by atoms with Gasteiger partial charge in [0.25, 0.3) is 5.91 Å². The van der Waals surface area contributed by atoms with Crippen LogP contribution in [0.2, 0.25) is 5.02 Å². The zero-order chi connectivity index (χ0) is 18.1. The van der Waals surface area contributed by atoms with Gasteiger partial charge in [0.15, 0.2) is 0 Å². The Labute approximate surface area is 163 Å². The van der Waals surface area contributed by atoms with Crippen LogP contribution in [-0.4, -0.2) is 15.3 Å². The number of carbonyl (C=O) groups is 1. The minimum atomic E-state index is -0.146. The molecule has 0 bridgehead atoms. The van der Waals surface area contributed by atoms with E-state index in [0.29, 0.717) is 10.6 Å². The Morgan fingerprint density at radius 3 is 2.42 bits per heavy atom. The van der Waals surface area contributed by atoms with Crippen molar-refractivity contribution in [2.45, 2.75) is 0 Å². The number of pyridine rings is 1. The van der Waals surface area contributed by atoms with E-state index in [1.165, 1.54) is 0 Å². The quantitative estimate of drug-likeness (QED) is 0.459. The van der Waals surface area contributed by atoms with Crippen LogP contribution in [0.25, 0.3) is 16.9 Å². The van der Waals surface area contributed by atoms with Crippen LogP contribution in [0.5, 0.6) is 0 Å². The summed E-state index contributed by atoms with van der Waals surface area (Å²) in [6, 6.07) is 18.5. The van der Waals surface area contributed by atoms with Gasteiger partial charge in [-0.15, -0.1) is 0 Å². The van der Waals surface area contributed by atoms with Gasteiger partial charge in [0.2, 0.25) is 0 Å². The highest BCUT2D eigenvalue weighted by Crippen LogP contribution is 2.23. The number of nitrogens with zero attached hydrogens (tertiary/aromatic N) is 2. The number of anilines is 1. The Bertz CT molecular complexity index is 1090. The molecule has 4 rings (SSSR count). The van der Waals surface area contributed by atoms with Crippen LogP contribution in [-0.2, 0) is 0 Å². The molecule has 2 aromatic carbocycles. The van der Waals surface area contributed by atoms with Gasteiger partial charge in [-0.25, -0.2) is 4.98 Å². The van der Waals surface area contributed by atoms with Crippen LogP contribution in [0, 0.1) is 0 Å². The minimum absolute atomic E-state index is 0.146. The summed E-state index contributed by atoms with van der Waals surface area (Å²) in [7, 11) is 0. The summed E-state index contributed by atoms with van der Waals surface area (Å²) in [5.41, 5.74) is 3.98. The summed E-state index contributed by atoms with van der Waals surface area (Å²) in [6.07, 6.45) is 3.75. The molecular formula is C20H13BrClN3O. The number of benzene rings is 2. The third-order valence-corrected chi connectivity index (χ3v) is 4.71. The first-order chi connectivity index (χ1) is 12.6. The number of imidazole rings is 1. The maximum Gasteiger partial charge on any atom is 0.255 e. The number of nitrogens with one attached hydrogen (secondary N) is 1. The number of halogens is 2. The van der Waals surface area contributed by atoms with Crippen molar-refractivity contribution in [1.29, 1.82) is 0 Å². The summed E-state index contributed by atoms with van der Waals surface area (Å²) in [4.78, 5) is 16.9. The number of aromatic nitrogens is 2. The molecule has 6 heteroatoms. The average molecular weight is 427 g/mol. The molecule has 0 unspecified atom stereocenters. The molecule has 2 aromatic heterocycles. The first kappa shape index (κ1) is 16.8. The van der Waals surface area contributed by atoms with E-state index in [0.717, 1.165) is 27.1 Å². The second-order valence-corrected chi connectivity index (χ2v) is 7.13. The van der Waals surface area contributed by atoms with Crippen molar-refractivity contribution in [3.05, 3.63) is 88.1 Å². The zero-order valence-corrected chi connectivity index (χ0v) is 15.8. The zero-order valence-electron chi connectivity index (χ0n) is 13.5. The molecule has 0 aliphatic rings. The van der Waals surface area contributed by atoms with Gasteiger partial charge in [-0.05, 0) is 48.5 Å². The summed E-state index contributed by atoms with van der Waals surface area (Å²) in [5, 5.41) is 3.55. The molecule has 4 aromatic rings. The molecule has 0 atom stereocenters. The third kappa shape index (κ3) is 3.49. The molecule has 0 spiro atoms. The smallest absolute Gasteiger partial charge is 0.255 e. The molecule has 1 N–H and O–H groups in total. The third-order valence-electron chi connectivity index (χ3n) is 3.96. The van der Waals surface area contributed by atoms with Gasteiger partial charge in [-0.2, -0.15) is 0 Å². The first-order valence-electron chi connectivity index (χ1n) is 7.90. The molecule has 4 nitrogen and oxygen atoms in total. The lowest BCUT2D eigenvalue weighted by molar-refractivity contribution is 0.102. The van der Waals surface area contributed by atoms with Gasteiger partial charge in [-0.1, -0.05) is 39.7 Å². The maximum absolute atomic E-state index is 12.3. The Morgan fingerprint density at radius 1 is 0.962 bits per heavy atom. The van der Waals surface area contributed by atoms with Gasteiger partial charge < -0.3 is 9.72 Å². The van der Waals surface area contributed by atoms with Crippen molar-refractivity contribution in [2.75, 3.05) is 5.32 Å². The van der Waals surface area contributed by atoms with Crippen LogP contribution in [0.3, 0.4) is 0 Å². The second kappa shape index (κ2) is 6.94. The fourth-order valence-electron chi connectivity index (χ4n) is 2.63. The fraction of sp³-hybridized carbons (Fsp3) is 0. The molecule has 0 aliphatic heterocycles. The Hall–Kier alpha value is -2.63. The molecule has 0 saturated carbocycles. The molecule has 1 amide bonds. The Kier molecular flexibility index (Phi) is 4.49. The molecule has 0 aliphatic carbocycles. The van der Waals surface area contributed by atoms with Crippen molar-refractivity contribution in [3.63, 3.8) is 0 Å². The number of amides is 1. The van der Waals surface area contributed by atoms with E-state index < -0.39 is 0 Å². The van der Waals surface area contributed by atoms with Crippen LogP contribution in [0.1, 0.15) is 10.4 Å². The molecule has 2 heterocycles. The highest BCUT2D eigenvalue weighted by atomic mass is 79.9. The minimum Gasteiger partial charge on any atom is -0.322 e. The number of hydrogen-bond donors (Lipinski definition) is 1. The van der Waals surface area contributed by atoms with Crippen molar-refractivity contribution in [1.82, 2.24) is 9.38 Å². The Morgan fingerprint density at radius 2 is 1.69 bits per heavy atom. The van der Waals surface area contributed by atoms with Crippen LogP contribution in [0.4, 0.5) is 5.69 Å².